The van der Waals surface area contributed by atoms with Gasteiger partial charge in [0.1, 0.15) is 0 Å². The molecule has 1 fully saturated rings. The fourth-order valence-corrected chi connectivity index (χ4v) is 3.21. The maximum Gasteiger partial charge on any atom is 0.269 e. The number of carbonyl (C=O) groups is 1. The predicted molar refractivity (Wildman–Crippen MR) is 106 cm³/mol. The molecule has 2 heterocycles. The van der Waals surface area contributed by atoms with Crippen LogP contribution in [0, 0.1) is 10.1 Å². The van der Waals surface area contributed by atoms with Crippen LogP contribution in [0.5, 0.6) is 0 Å². The number of nitro groups is 1. The predicted octanol–water partition coefficient (Wildman–Crippen LogP) is 2.36. The molecule has 1 atom stereocenters. The van der Waals surface area contributed by atoms with Gasteiger partial charge in [0.2, 0.25) is 11.9 Å². The van der Waals surface area contributed by atoms with Crippen LogP contribution in [-0.4, -0.2) is 46.5 Å². The molecule has 1 saturated heterocycles. The minimum atomic E-state index is -0.426. The summed E-state index contributed by atoms with van der Waals surface area (Å²) in [4.78, 5) is 33.1. The average molecular weight is 384 g/mol. The quantitative estimate of drug-likeness (QED) is 0.408. The lowest BCUT2D eigenvalue weighted by Gasteiger charge is -2.33. The summed E-state index contributed by atoms with van der Waals surface area (Å²) < 4.78 is 0. The van der Waals surface area contributed by atoms with Crippen LogP contribution in [0.15, 0.2) is 42.7 Å². The van der Waals surface area contributed by atoms with E-state index in [0.29, 0.717) is 25.3 Å². The molecule has 2 N–H and O–H groups in total. The van der Waals surface area contributed by atoms with E-state index < -0.39 is 4.92 Å². The van der Waals surface area contributed by atoms with Crippen molar-refractivity contribution >= 4 is 23.2 Å². The third-order valence-corrected chi connectivity index (χ3v) is 4.61. The number of hydrogen-bond donors (Lipinski definition) is 2. The first-order valence-electron chi connectivity index (χ1n) is 9.41. The van der Waals surface area contributed by atoms with Gasteiger partial charge >= 0.3 is 0 Å². The molecular weight excluding hydrogens is 360 g/mol. The molecule has 28 heavy (non-hydrogen) atoms. The second-order valence-corrected chi connectivity index (χ2v) is 6.74. The topological polar surface area (TPSA) is 113 Å². The molecular formula is C19H24N6O3. The fourth-order valence-electron chi connectivity index (χ4n) is 3.21. The highest BCUT2D eigenvalue weighted by atomic mass is 16.6. The molecule has 1 aliphatic heterocycles. The Morgan fingerprint density at radius 2 is 2.00 bits per heavy atom. The van der Waals surface area contributed by atoms with Crippen LogP contribution in [0.25, 0.3) is 0 Å². The van der Waals surface area contributed by atoms with Gasteiger partial charge in [-0.25, -0.2) is 9.97 Å². The SMILES string of the molecule is O=C(CCCNc1ccc([N+](=O)[O-])cc1)NC1CCCN(c2ncccn2)C1. The van der Waals surface area contributed by atoms with Crippen molar-refractivity contribution in [3.63, 3.8) is 0 Å². The molecule has 1 aliphatic rings. The van der Waals surface area contributed by atoms with Gasteiger partial charge in [0.15, 0.2) is 0 Å². The Hall–Kier alpha value is -3.23. The molecule has 148 valence electrons. The molecule has 9 heteroatoms. The number of benzene rings is 1. The zero-order valence-corrected chi connectivity index (χ0v) is 15.6. The third kappa shape index (κ3) is 5.63. The summed E-state index contributed by atoms with van der Waals surface area (Å²) in [7, 11) is 0. The number of carbonyl (C=O) groups excluding carboxylic acids is 1. The monoisotopic (exact) mass is 384 g/mol. The first-order chi connectivity index (χ1) is 13.6. The fraction of sp³-hybridized carbons (Fsp3) is 0.421. The van der Waals surface area contributed by atoms with Crippen molar-refractivity contribution in [2.75, 3.05) is 29.9 Å². The molecule has 1 aromatic heterocycles. The van der Waals surface area contributed by atoms with E-state index >= 15 is 0 Å². The van der Waals surface area contributed by atoms with Gasteiger partial charge in [-0.2, -0.15) is 0 Å². The maximum atomic E-state index is 12.2. The molecule has 0 radical (unpaired) electrons. The minimum absolute atomic E-state index is 0.0336. The Balaban J connectivity index is 1.36. The number of aromatic nitrogens is 2. The van der Waals surface area contributed by atoms with E-state index in [9.17, 15) is 14.9 Å². The smallest absolute Gasteiger partial charge is 0.269 e. The van der Waals surface area contributed by atoms with Gasteiger partial charge in [0.25, 0.3) is 5.69 Å². The molecule has 0 aliphatic carbocycles. The van der Waals surface area contributed by atoms with E-state index in [4.69, 9.17) is 0 Å². The molecule has 9 nitrogen and oxygen atoms in total. The Bertz CT molecular complexity index is 784. The summed E-state index contributed by atoms with van der Waals surface area (Å²) in [5, 5.41) is 16.9. The summed E-state index contributed by atoms with van der Waals surface area (Å²) in [6.07, 6.45) is 6.51. The van der Waals surface area contributed by atoms with Crippen LogP contribution in [0.3, 0.4) is 0 Å². The number of piperidine rings is 1. The zero-order valence-electron chi connectivity index (χ0n) is 15.6. The number of hydrogen-bond acceptors (Lipinski definition) is 7. The summed E-state index contributed by atoms with van der Waals surface area (Å²) in [5.74, 6) is 0.736. The highest BCUT2D eigenvalue weighted by Gasteiger charge is 2.22. The summed E-state index contributed by atoms with van der Waals surface area (Å²) in [6.45, 7) is 2.24. The molecule has 2 aromatic rings. The first kappa shape index (κ1) is 19.5. The number of anilines is 2. The number of amides is 1. The van der Waals surface area contributed by atoms with E-state index in [2.05, 4.69) is 25.5 Å². The molecule has 1 aromatic carbocycles. The number of nitrogens with one attached hydrogen (secondary N) is 2. The number of rotatable bonds is 8. The lowest BCUT2D eigenvalue weighted by molar-refractivity contribution is -0.384. The lowest BCUT2D eigenvalue weighted by atomic mass is 10.1. The Kier molecular flexibility index (Phi) is 6.72. The van der Waals surface area contributed by atoms with E-state index in [1.54, 1.807) is 30.6 Å². The van der Waals surface area contributed by atoms with Crippen molar-refractivity contribution < 1.29 is 9.72 Å². The highest BCUT2D eigenvalue weighted by molar-refractivity contribution is 5.76. The van der Waals surface area contributed by atoms with Gasteiger partial charge in [-0.15, -0.1) is 0 Å². The molecule has 1 amide bonds. The normalized spacial score (nSPS) is 16.4. The van der Waals surface area contributed by atoms with Crippen LogP contribution >= 0.6 is 0 Å². The molecule has 0 saturated carbocycles. The van der Waals surface area contributed by atoms with Gasteiger partial charge in [-0.1, -0.05) is 0 Å². The van der Waals surface area contributed by atoms with Gasteiger partial charge in [0.05, 0.1) is 4.92 Å². The van der Waals surface area contributed by atoms with Crippen molar-refractivity contribution in [2.24, 2.45) is 0 Å². The van der Waals surface area contributed by atoms with Crippen LogP contribution < -0.4 is 15.5 Å². The standard InChI is InChI=1S/C19H24N6O3/c26-18(5-1-10-20-15-6-8-17(9-7-15)25(27)28)23-16-4-2-13-24(14-16)19-21-11-3-12-22-19/h3,6-9,11-12,16,20H,1-2,4-5,10,13-14H2,(H,23,26). The average Bonchev–Trinajstić information content (AvgIpc) is 2.72. The van der Waals surface area contributed by atoms with Gasteiger partial charge in [-0.05, 0) is 37.5 Å². The molecule has 0 bridgehead atoms. The largest absolute Gasteiger partial charge is 0.385 e. The van der Waals surface area contributed by atoms with Crippen molar-refractivity contribution in [2.45, 2.75) is 31.7 Å². The van der Waals surface area contributed by atoms with Gasteiger partial charge in [0, 0.05) is 62.3 Å². The number of non-ortho nitro benzene ring substituents is 1. The van der Waals surface area contributed by atoms with Crippen LogP contribution in [-0.2, 0) is 4.79 Å². The van der Waals surface area contributed by atoms with E-state index in [1.165, 1.54) is 12.1 Å². The summed E-state index contributed by atoms with van der Waals surface area (Å²) in [5.41, 5.74) is 0.865. The zero-order chi connectivity index (χ0) is 19.8. The van der Waals surface area contributed by atoms with Crippen molar-refractivity contribution in [1.29, 1.82) is 0 Å². The van der Waals surface area contributed by atoms with Crippen LogP contribution in [0.1, 0.15) is 25.7 Å². The lowest BCUT2D eigenvalue weighted by Crippen LogP contribution is -2.48. The number of nitrogens with zero attached hydrogens (tertiary/aromatic N) is 4. The van der Waals surface area contributed by atoms with Crippen LogP contribution in [0.2, 0.25) is 0 Å². The van der Waals surface area contributed by atoms with Crippen LogP contribution in [0.4, 0.5) is 17.3 Å². The minimum Gasteiger partial charge on any atom is -0.385 e. The maximum absolute atomic E-state index is 12.2. The Morgan fingerprint density at radius 1 is 1.25 bits per heavy atom. The highest BCUT2D eigenvalue weighted by Crippen LogP contribution is 2.16. The molecule has 3 rings (SSSR count). The molecule has 1 unspecified atom stereocenters. The first-order valence-corrected chi connectivity index (χ1v) is 9.41. The summed E-state index contributed by atoms with van der Waals surface area (Å²) in [6, 6.07) is 8.15. The number of nitro benzene ring substituents is 1. The third-order valence-electron chi connectivity index (χ3n) is 4.61. The Labute approximate surface area is 163 Å². The second kappa shape index (κ2) is 9.63. The van der Waals surface area contributed by atoms with E-state index in [-0.39, 0.29) is 17.6 Å². The van der Waals surface area contributed by atoms with Gasteiger partial charge in [-0.3, -0.25) is 14.9 Å². The summed E-state index contributed by atoms with van der Waals surface area (Å²) >= 11 is 0. The molecule has 0 spiro atoms. The Morgan fingerprint density at radius 3 is 2.71 bits per heavy atom. The second-order valence-electron chi connectivity index (χ2n) is 6.74. The van der Waals surface area contributed by atoms with E-state index in [1.807, 2.05) is 0 Å². The van der Waals surface area contributed by atoms with Crippen molar-refractivity contribution in [1.82, 2.24) is 15.3 Å². The van der Waals surface area contributed by atoms with Crippen molar-refractivity contribution in [3.8, 4) is 0 Å². The van der Waals surface area contributed by atoms with E-state index in [0.717, 1.165) is 31.6 Å². The van der Waals surface area contributed by atoms with Gasteiger partial charge < -0.3 is 15.5 Å². The van der Waals surface area contributed by atoms with Crippen molar-refractivity contribution in [3.05, 3.63) is 52.8 Å².